The number of carbonyl (C=O) groups is 1. The number of ether oxygens (including phenoxy) is 1. The van der Waals surface area contributed by atoms with E-state index in [1.807, 2.05) is 30.5 Å². The molecule has 1 aromatic heterocycles. The molecule has 2 aromatic rings. The highest BCUT2D eigenvalue weighted by Crippen LogP contribution is 2.23. The van der Waals surface area contributed by atoms with Gasteiger partial charge >= 0.3 is 5.97 Å². The third kappa shape index (κ3) is 2.68. The fraction of sp³-hybridized carbons (Fsp3) is 0.231. The van der Waals surface area contributed by atoms with Gasteiger partial charge in [0.25, 0.3) is 0 Å². The molecule has 0 unspecified atom stereocenters. The smallest absolute Gasteiger partial charge is 0.303 e. The molecule has 1 heterocycles. The number of aromatic nitrogens is 2. The zero-order chi connectivity index (χ0) is 13.0. The predicted octanol–water partition coefficient (Wildman–Crippen LogP) is 1.90. The lowest BCUT2D eigenvalue weighted by molar-refractivity contribution is -0.136. The molecule has 1 aromatic carbocycles. The van der Waals surface area contributed by atoms with Crippen LogP contribution < -0.4 is 4.74 Å². The third-order valence-corrected chi connectivity index (χ3v) is 2.62. The summed E-state index contributed by atoms with van der Waals surface area (Å²) < 4.78 is 6.97. The Bertz CT molecular complexity index is 535. The molecular formula is C13H14N2O3. The van der Waals surface area contributed by atoms with Crippen molar-refractivity contribution < 1.29 is 14.6 Å². The van der Waals surface area contributed by atoms with Crippen LogP contribution in [0.1, 0.15) is 12.0 Å². The van der Waals surface area contributed by atoms with E-state index in [2.05, 4.69) is 5.10 Å². The van der Waals surface area contributed by atoms with Gasteiger partial charge in [-0.2, -0.15) is 5.10 Å². The number of rotatable bonds is 5. The standard InChI is InChI=1S/C13H14N2O3/c1-18-12-5-3-10(4-6-13(16)17)9-11(12)15-8-2-7-14-15/h2-3,5,7-9H,4,6H2,1H3,(H,16,17). The minimum Gasteiger partial charge on any atom is -0.494 e. The minimum absolute atomic E-state index is 0.116. The fourth-order valence-corrected chi connectivity index (χ4v) is 1.73. The monoisotopic (exact) mass is 246 g/mol. The Labute approximate surface area is 105 Å². The first kappa shape index (κ1) is 12.2. The summed E-state index contributed by atoms with van der Waals surface area (Å²) in [7, 11) is 1.60. The molecule has 0 amide bonds. The highest BCUT2D eigenvalue weighted by molar-refractivity contribution is 5.67. The van der Waals surface area contributed by atoms with Gasteiger partial charge < -0.3 is 9.84 Å². The van der Waals surface area contributed by atoms with Crippen molar-refractivity contribution in [1.82, 2.24) is 9.78 Å². The van der Waals surface area contributed by atoms with Crippen molar-refractivity contribution in [2.75, 3.05) is 7.11 Å². The molecule has 0 radical (unpaired) electrons. The largest absolute Gasteiger partial charge is 0.494 e. The Morgan fingerprint density at radius 2 is 2.33 bits per heavy atom. The topological polar surface area (TPSA) is 64.3 Å². The van der Waals surface area contributed by atoms with Crippen molar-refractivity contribution in [3.8, 4) is 11.4 Å². The fourth-order valence-electron chi connectivity index (χ4n) is 1.73. The number of benzene rings is 1. The normalized spacial score (nSPS) is 10.3. The molecular weight excluding hydrogens is 232 g/mol. The van der Waals surface area contributed by atoms with E-state index in [0.29, 0.717) is 12.2 Å². The Morgan fingerprint density at radius 1 is 1.50 bits per heavy atom. The summed E-state index contributed by atoms with van der Waals surface area (Å²) in [6.07, 6.45) is 4.11. The van der Waals surface area contributed by atoms with Gasteiger partial charge in [-0.05, 0) is 30.2 Å². The summed E-state index contributed by atoms with van der Waals surface area (Å²) in [4.78, 5) is 10.6. The molecule has 1 N–H and O–H groups in total. The van der Waals surface area contributed by atoms with Gasteiger partial charge in [-0.3, -0.25) is 4.79 Å². The summed E-state index contributed by atoms with van der Waals surface area (Å²) in [5, 5.41) is 12.8. The number of aryl methyl sites for hydroxylation is 1. The minimum atomic E-state index is -0.800. The molecule has 5 heteroatoms. The molecule has 5 nitrogen and oxygen atoms in total. The molecule has 0 aliphatic rings. The summed E-state index contributed by atoms with van der Waals surface area (Å²) in [5.41, 5.74) is 1.76. The van der Waals surface area contributed by atoms with Gasteiger partial charge in [0, 0.05) is 18.8 Å². The molecule has 18 heavy (non-hydrogen) atoms. The van der Waals surface area contributed by atoms with E-state index in [1.165, 1.54) is 0 Å². The van der Waals surface area contributed by atoms with E-state index < -0.39 is 5.97 Å². The van der Waals surface area contributed by atoms with Crippen molar-refractivity contribution in [3.63, 3.8) is 0 Å². The van der Waals surface area contributed by atoms with Crippen molar-refractivity contribution in [2.24, 2.45) is 0 Å². The quantitative estimate of drug-likeness (QED) is 0.875. The maximum absolute atomic E-state index is 10.6. The van der Waals surface area contributed by atoms with Crippen molar-refractivity contribution in [2.45, 2.75) is 12.8 Å². The van der Waals surface area contributed by atoms with Crippen LogP contribution in [-0.4, -0.2) is 28.0 Å². The molecule has 0 atom stereocenters. The number of nitrogens with zero attached hydrogens (tertiary/aromatic N) is 2. The molecule has 2 rings (SSSR count). The van der Waals surface area contributed by atoms with E-state index in [9.17, 15) is 4.79 Å². The first-order valence-electron chi connectivity index (χ1n) is 5.59. The average Bonchev–Trinajstić information content (AvgIpc) is 2.89. The average molecular weight is 246 g/mol. The zero-order valence-electron chi connectivity index (χ0n) is 10.0. The van der Waals surface area contributed by atoms with Crippen LogP contribution in [0, 0.1) is 0 Å². The Morgan fingerprint density at radius 3 is 2.94 bits per heavy atom. The lowest BCUT2D eigenvalue weighted by Crippen LogP contribution is -2.02. The number of aliphatic carboxylic acids is 1. The van der Waals surface area contributed by atoms with E-state index >= 15 is 0 Å². The molecule has 0 bridgehead atoms. The van der Waals surface area contributed by atoms with Gasteiger partial charge in [-0.15, -0.1) is 0 Å². The first-order valence-corrected chi connectivity index (χ1v) is 5.59. The Balaban J connectivity index is 2.31. The molecule has 0 spiro atoms. The third-order valence-electron chi connectivity index (χ3n) is 2.62. The van der Waals surface area contributed by atoms with Crippen LogP contribution in [0.15, 0.2) is 36.7 Å². The molecule has 0 saturated heterocycles. The van der Waals surface area contributed by atoms with Crippen molar-refractivity contribution in [1.29, 1.82) is 0 Å². The zero-order valence-corrected chi connectivity index (χ0v) is 10.0. The van der Waals surface area contributed by atoms with Crippen LogP contribution >= 0.6 is 0 Å². The van der Waals surface area contributed by atoms with E-state index in [0.717, 1.165) is 11.3 Å². The van der Waals surface area contributed by atoms with Gasteiger partial charge in [0.2, 0.25) is 0 Å². The highest BCUT2D eigenvalue weighted by atomic mass is 16.5. The first-order chi connectivity index (χ1) is 8.70. The summed E-state index contributed by atoms with van der Waals surface area (Å²) in [6, 6.07) is 7.42. The van der Waals surface area contributed by atoms with E-state index in [4.69, 9.17) is 9.84 Å². The van der Waals surface area contributed by atoms with Crippen LogP contribution in [0.4, 0.5) is 0 Å². The van der Waals surface area contributed by atoms with Gasteiger partial charge in [0.1, 0.15) is 11.4 Å². The van der Waals surface area contributed by atoms with Crippen LogP contribution in [0.25, 0.3) is 5.69 Å². The number of hydrogen-bond acceptors (Lipinski definition) is 3. The number of hydrogen-bond donors (Lipinski definition) is 1. The highest BCUT2D eigenvalue weighted by Gasteiger charge is 2.08. The second kappa shape index (κ2) is 5.35. The maximum atomic E-state index is 10.6. The number of methoxy groups -OCH3 is 1. The molecule has 0 aliphatic heterocycles. The van der Waals surface area contributed by atoms with Crippen LogP contribution in [0.2, 0.25) is 0 Å². The number of carboxylic acids is 1. The lowest BCUT2D eigenvalue weighted by atomic mass is 10.1. The molecule has 0 saturated carbocycles. The summed E-state index contributed by atoms with van der Waals surface area (Å²) in [5.74, 6) is -0.0933. The number of carboxylic acid groups (broad SMARTS) is 1. The lowest BCUT2D eigenvalue weighted by Gasteiger charge is -2.10. The van der Waals surface area contributed by atoms with Crippen molar-refractivity contribution in [3.05, 3.63) is 42.2 Å². The van der Waals surface area contributed by atoms with E-state index in [1.54, 1.807) is 18.0 Å². The van der Waals surface area contributed by atoms with Crippen molar-refractivity contribution >= 4 is 5.97 Å². The summed E-state index contributed by atoms with van der Waals surface area (Å²) in [6.45, 7) is 0. The second-order valence-corrected chi connectivity index (χ2v) is 3.85. The molecule has 94 valence electrons. The van der Waals surface area contributed by atoms with Crippen LogP contribution in [0.5, 0.6) is 5.75 Å². The van der Waals surface area contributed by atoms with Gasteiger partial charge in [-0.25, -0.2) is 4.68 Å². The maximum Gasteiger partial charge on any atom is 0.303 e. The Kier molecular flexibility index (Phi) is 3.62. The Hall–Kier alpha value is -2.30. The van der Waals surface area contributed by atoms with Gasteiger partial charge in [0.05, 0.1) is 7.11 Å². The predicted molar refractivity (Wildman–Crippen MR) is 66.1 cm³/mol. The van der Waals surface area contributed by atoms with Gasteiger partial charge in [-0.1, -0.05) is 6.07 Å². The van der Waals surface area contributed by atoms with Gasteiger partial charge in [0.15, 0.2) is 0 Å². The second-order valence-electron chi connectivity index (χ2n) is 3.85. The SMILES string of the molecule is COc1ccc(CCC(=O)O)cc1-n1cccn1. The van der Waals surface area contributed by atoms with Crippen LogP contribution in [-0.2, 0) is 11.2 Å². The van der Waals surface area contributed by atoms with E-state index in [-0.39, 0.29) is 6.42 Å². The molecule has 0 fully saturated rings. The van der Waals surface area contributed by atoms with Crippen LogP contribution in [0.3, 0.4) is 0 Å². The molecule has 0 aliphatic carbocycles. The summed E-state index contributed by atoms with van der Waals surface area (Å²) >= 11 is 0.